The van der Waals surface area contributed by atoms with Crippen LogP contribution in [0.4, 0.5) is 0 Å². The molecule has 0 bridgehead atoms. The Hall–Kier alpha value is -1.92. The molecule has 0 saturated carbocycles. The Labute approximate surface area is 366 Å². The number of rotatable bonds is 47. The van der Waals surface area contributed by atoms with E-state index in [1.165, 1.54) is 154 Å². The van der Waals surface area contributed by atoms with Gasteiger partial charge in [-0.3, -0.25) is 9.59 Å². The van der Waals surface area contributed by atoms with Crippen LogP contribution in [0.25, 0.3) is 0 Å². The van der Waals surface area contributed by atoms with E-state index in [2.05, 4.69) is 43.5 Å². The minimum Gasteiger partial charge on any atom is -0.466 e. The summed E-state index contributed by atoms with van der Waals surface area (Å²) in [6, 6.07) is -0.646. The Morgan fingerprint density at radius 3 is 1.20 bits per heavy atom. The monoisotopic (exact) mass is 830 g/mol. The van der Waals surface area contributed by atoms with Crippen LogP contribution in [0.15, 0.2) is 36.5 Å². The highest BCUT2D eigenvalue weighted by molar-refractivity contribution is 5.76. The molecule has 0 aromatic heterocycles. The zero-order chi connectivity index (χ0) is 43.0. The number of carbonyl (C=O) groups is 2. The van der Waals surface area contributed by atoms with E-state index in [0.29, 0.717) is 19.4 Å². The molecule has 6 nitrogen and oxygen atoms in total. The fraction of sp³-hybridized carbons (Fsp3) is 0.849. The molecule has 0 spiro atoms. The van der Waals surface area contributed by atoms with Gasteiger partial charge in [0.1, 0.15) is 0 Å². The van der Waals surface area contributed by atoms with Crippen molar-refractivity contribution in [3.05, 3.63) is 36.5 Å². The molecule has 0 aromatic carbocycles. The topological polar surface area (TPSA) is 95.9 Å². The summed E-state index contributed by atoms with van der Waals surface area (Å²) >= 11 is 0. The summed E-state index contributed by atoms with van der Waals surface area (Å²) in [7, 11) is 0. The number of ether oxygens (including phenoxy) is 1. The van der Waals surface area contributed by atoms with Crippen molar-refractivity contribution in [2.45, 2.75) is 276 Å². The molecule has 0 radical (unpaired) electrons. The lowest BCUT2D eigenvalue weighted by molar-refractivity contribution is -0.143. The first-order valence-electron chi connectivity index (χ1n) is 25.8. The minimum absolute atomic E-state index is 0.0284. The summed E-state index contributed by atoms with van der Waals surface area (Å²) < 4.78 is 5.45. The fourth-order valence-corrected chi connectivity index (χ4v) is 7.62. The molecule has 0 aliphatic heterocycles. The van der Waals surface area contributed by atoms with Crippen molar-refractivity contribution < 1.29 is 24.5 Å². The Kier molecular flexibility index (Phi) is 47.2. The number of aliphatic hydroxyl groups is 2. The lowest BCUT2D eigenvalue weighted by atomic mass is 10.0. The average Bonchev–Trinajstić information content (AvgIpc) is 3.24. The van der Waals surface area contributed by atoms with Gasteiger partial charge in [0.15, 0.2) is 0 Å². The lowest BCUT2D eigenvalue weighted by Crippen LogP contribution is -2.45. The zero-order valence-corrected chi connectivity index (χ0v) is 39.2. The van der Waals surface area contributed by atoms with Crippen LogP contribution < -0.4 is 5.32 Å². The number of hydrogen-bond acceptors (Lipinski definition) is 5. The average molecular weight is 830 g/mol. The molecule has 346 valence electrons. The minimum atomic E-state index is -0.860. The molecule has 0 fully saturated rings. The largest absolute Gasteiger partial charge is 0.466 e. The van der Waals surface area contributed by atoms with E-state index >= 15 is 0 Å². The first-order valence-corrected chi connectivity index (χ1v) is 25.8. The van der Waals surface area contributed by atoms with Crippen LogP contribution >= 0.6 is 0 Å². The number of aliphatic hydroxyl groups excluding tert-OH is 2. The molecule has 0 aliphatic carbocycles. The molecular weight excluding hydrogens is 731 g/mol. The van der Waals surface area contributed by atoms with Gasteiger partial charge in [0.05, 0.1) is 25.4 Å². The first-order chi connectivity index (χ1) is 29.0. The van der Waals surface area contributed by atoms with Crippen molar-refractivity contribution in [3.63, 3.8) is 0 Å². The second-order valence-corrected chi connectivity index (χ2v) is 17.5. The number of nitrogens with one attached hydrogen (secondary N) is 1. The molecule has 0 aliphatic rings. The van der Waals surface area contributed by atoms with Gasteiger partial charge in [-0.25, -0.2) is 0 Å². The zero-order valence-electron chi connectivity index (χ0n) is 39.2. The number of allylic oxidation sites excluding steroid dienone is 5. The maximum atomic E-state index is 12.4. The van der Waals surface area contributed by atoms with Gasteiger partial charge >= 0.3 is 5.97 Å². The summed E-state index contributed by atoms with van der Waals surface area (Å²) in [5.41, 5.74) is 0. The maximum absolute atomic E-state index is 12.4. The number of amides is 1. The predicted molar refractivity (Wildman–Crippen MR) is 255 cm³/mol. The van der Waals surface area contributed by atoms with Crippen molar-refractivity contribution in [1.29, 1.82) is 0 Å². The highest BCUT2D eigenvalue weighted by atomic mass is 16.5. The van der Waals surface area contributed by atoms with Gasteiger partial charge in [0.25, 0.3) is 0 Å². The van der Waals surface area contributed by atoms with Gasteiger partial charge in [-0.05, 0) is 89.9 Å². The van der Waals surface area contributed by atoms with Gasteiger partial charge in [0.2, 0.25) is 5.91 Å². The Balaban J connectivity index is 3.53. The smallest absolute Gasteiger partial charge is 0.305 e. The second kappa shape index (κ2) is 48.7. The number of unbranched alkanes of at least 4 members (excludes halogenated alkanes) is 32. The predicted octanol–water partition coefficient (Wildman–Crippen LogP) is 15.3. The lowest BCUT2D eigenvalue weighted by Gasteiger charge is -2.20. The van der Waals surface area contributed by atoms with Crippen LogP contribution in [0.2, 0.25) is 0 Å². The van der Waals surface area contributed by atoms with Crippen molar-refractivity contribution >= 4 is 11.9 Å². The third-order valence-corrected chi connectivity index (χ3v) is 11.6. The highest BCUT2D eigenvalue weighted by Gasteiger charge is 2.18. The Bertz CT molecular complexity index is 962. The molecule has 2 atom stereocenters. The van der Waals surface area contributed by atoms with Gasteiger partial charge < -0.3 is 20.3 Å². The summed E-state index contributed by atoms with van der Waals surface area (Å²) in [4.78, 5) is 24.4. The summed E-state index contributed by atoms with van der Waals surface area (Å²) in [5.74, 6) is -0.124. The van der Waals surface area contributed by atoms with Crippen molar-refractivity contribution in [2.75, 3.05) is 13.2 Å². The Morgan fingerprint density at radius 1 is 0.458 bits per heavy atom. The summed E-state index contributed by atoms with van der Waals surface area (Å²) in [6.07, 6.45) is 58.6. The standard InChI is InChI=1S/C53H99NO5/c1-3-5-7-9-11-13-15-17-18-19-20-22-27-31-35-39-43-47-53(58)59-48-44-40-36-32-28-24-23-26-30-34-38-42-46-52(57)54-50(49-55)51(56)45-41-37-33-29-25-21-16-14-12-10-8-6-4-2/h17-18,24,28,41,45,50-51,55-56H,3-16,19-23,25-27,29-40,42-44,46-49H2,1-2H3,(H,54,57)/b18-17-,28-24-,45-41+. The van der Waals surface area contributed by atoms with E-state index in [1.807, 2.05) is 6.08 Å². The van der Waals surface area contributed by atoms with E-state index in [0.717, 1.165) is 83.5 Å². The second-order valence-electron chi connectivity index (χ2n) is 17.5. The van der Waals surface area contributed by atoms with E-state index < -0.39 is 12.1 Å². The third kappa shape index (κ3) is 45.4. The van der Waals surface area contributed by atoms with Gasteiger partial charge in [-0.1, -0.05) is 198 Å². The molecule has 0 saturated heterocycles. The molecule has 0 aromatic rings. The highest BCUT2D eigenvalue weighted by Crippen LogP contribution is 2.14. The first kappa shape index (κ1) is 57.1. The number of esters is 1. The van der Waals surface area contributed by atoms with E-state index in [1.54, 1.807) is 6.08 Å². The van der Waals surface area contributed by atoms with Gasteiger partial charge in [-0.15, -0.1) is 0 Å². The summed E-state index contributed by atoms with van der Waals surface area (Å²) in [6.45, 7) is 4.82. The van der Waals surface area contributed by atoms with Crippen molar-refractivity contribution in [3.8, 4) is 0 Å². The fourth-order valence-electron chi connectivity index (χ4n) is 7.62. The van der Waals surface area contributed by atoms with Gasteiger partial charge in [0, 0.05) is 12.8 Å². The quantitative estimate of drug-likeness (QED) is 0.0323. The van der Waals surface area contributed by atoms with Crippen LogP contribution in [-0.4, -0.2) is 47.4 Å². The molecule has 2 unspecified atom stereocenters. The molecule has 3 N–H and O–H groups in total. The molecule has 1 amide bonds. The molecule has 0 rings (SSSR count). The normalized spacial score (nSPS) is 12.9. The molecule has 59 heavy (non-hydrogen) atoms. The van der Waals surface area contributed by atoms with Gasteiger partial charge in [-0.2, -0.15) is 0 Å². The van der Waals surface area contributed by atoms with E-state index in [-0.39, 0.29) is 18.5 Å². The van der Waals surface area contributed by atoms with Crippen LogP contribution in [0.5, 0.6) is 0 Å². The van der Waals surface area contributed by atoms with E-state index in [9.17, 15) is 19.8 Å². The molecule has 0 heterocycles. The van der Waals surface area contributed by atoms with Crippen molar-refractivity contribution in [1.82, 2.24) is 5.32 Å². The molecule has 6 heteroatoms. The number of carbonyl (C=O) groups excluding carboxylic acids is 2. The van der Waals surface area contributed by atoms with Crippen LogP contribution in [0.1, 0.15) is 264 Å². The maximum Gasteiger partial charge on any atom is 0.305 e. The molecular formula is C53H99NO5. The van der Waals surface area contributed by atoms with Crippen LogP contribution in [-0.2, 0) is 14.3 Å². The SMILES string of the molecule is CCCCCCCC/C=C\CCCCCCCCCC(=O)OCCCCC/C=C\CCCCCCCC(=O)NC(CO)C(O)/C=C/CCCCCCCCCCCCC. The van der Waals surface area contributed by atoms with Crippen LogP contribution in [0, 0.1) is 0 Å². The van der Waals surface area contributed by atoms with E-state index in [4.69, 9.17) is 4.74 Å². The van der Waals surface area contributed by atoms with Crippen molar-refractivity contribution in [2.24, 2.45) is 0 Å². The summed E-state index contributed by atoms with van der Waals surface area (Å²) in [5, 5.41) is 23.0. The van der Waals surface area contributed by atoms with Crippen LogP contribution in [0.3, 0.4) is 0 Å². The third-order valence-electron chi connectivity index (χ3n) is 11.6. The Morgan fingerprint density at radius 2 is 0.797 bits per heavy atom. The number of hydrogen-bond donors (Lipinski definition) is 3.